The van der Waals surface area contributed by atoms with Gasteiger partial charge in [-0.2, -0.15) is 11.8 Å². The Labute approximate surface area is 113 Å². The van der Waals surface area contributed by atoms with Crippen LogP contribution in [0.15, 0.2) is 0 Å². The van der Waals surface area contributed by atoms with Crippen LogP contribution in [0.3, 0.4) is 0 Å². The molecule has 1 aliphatic heterocycles. The zero-order valence-electron chi connectivity index (χ0n) is 11.2. The lowest BCUT2D eigenvalue weighted by Gasteiger charge is -2.29. The Morgan fingerprint density at radius 2 is 1.94 bits per heavy atom. The number of likely N-dealkylation sites (N-methyl/N-ethyl adjacent to an activating group) is 1. The third kappa shape index (κ3) is 2.88. The van der Waals surface area contributed by atoms with Gasteiger partial charge in [0.15, 0.2) is 0 Å². The van der Waals surface area contributed by atoms with Gasteiger partial charge in [0, 0.05) is 37.2 Å². The second-order valence-electron chi connectivity index (χ2n) is 5.19. The van der Waals surface area contributed by atoms with Crippen LogP contribution in [-0.2, 0) is 9.59 Å². The molecule has 0 aromatic carbocycles. The summed E-state index contributed by atoms with van der Waals surface area (Å²) in [4.78, 5) is 26.8. The molecule has 1 saturated carbocycles. The fraction of sp³-hybridized carbons (Fsp3) is 0.846. The number of thioether (sulfide) groups is 1. The first-order valence-electron chi connectivity index (χ1n) is 6.69. The number of nitrogens with zero attached hydrogens (tertiary/aromatic N) is 2. The molecule has 0 unspecified atom stereocenters. The molecule has 0 aromatic heterocycles. The van der Waals surface area contributed by atoms with Gasteiger partial charge in [0.1, 0.15) is 0 Å². The number of carbonyl (C=O) groups is 2. The van der Waals surface area contributed by atoms with Gasteiger partial charge in [-0.05, 0) is 26.1 Å². The Morgan fingerprint density at radius 3 is 2.56 bits per heavy atom. The molecule has 0 aromatic rings. The van der Waals surface area contributed by atoms with E-state index in [1.165, 1.54) is 24.2 Å². The van der Waals surface area contributed by atoms with Crippen LogP contribution in [0.25, 0.3) is 0 Å². The quantitative estimate of drug-likeness (QED) is 0.707. The van der Waals surface area contributed by atoms with Crippen LogP contribution in [0, 0.1) is 0 Å². The predicted molar refractivity (Wildman–Crippen MR) is 73.5 cm³/mol. The van der Waals surface area contributed by atoms with E-state index in [2.05, 4.69) is 18.2 Å². The number of carbonyl (C=O) groups excluding carboxylic acids is 2. The van der Waals surface area contributed by atoms with Crippen LogP contribution in [-0.4, -0.2) is 59.3 Å². The molecule has 2 aliphatic rings. The monoisotopic (exact) mass is 270 g/mol. The van der Waals surface area contributed by atoms with E-state index >= 15 is 0 Å². The molecule has 5 heteroatoms. The van der Waals surface area contributed by atoms with E-state index in [0.717, 1.165) is 6.54 Å². The smallest absolute Gasteiger partial charge is 0.229 e. The minimum atomic E-state index is 0.00115. The number of rotatable bonds is 5. The average Bonchev–Trinajstić information content (AvgIpc) is 2.94. The van der Waals surface area contributed by atoms with Gasteiger partial charge in [0.25, 0.3) is 0 Å². The predicted octanol–water partition coefficient (Wildman–Crippen LogP) is 1.35. The molecule has 2 atom stereocenters. The molecule has 2 fully saturated rings. The van der Waals surface area contributed by atoms with Crippen molar-refractivity contribution in [2.24, 2.45) is 0 Å². The van der Waals surface area contributed by atoms with Crippen molar-refractivity contribution in [3.05, 3.63) is 0 Å². The number of hydrogen-bond donors (Lipinski definition) is 0. The van der Waals surface area contributed by atoms with E-state index in [9.17, 15) is 9.59 Å². The molecule has 0 spiro atoms. The summed E-state index contributed by atoms with van der Waals surface area (Å²) >= 11 is 1.94. The lowest BCUT2D eigenvalue weighted by molar-refractivity contribution is -0.138. The molecule has 0 bridgehead atoms. The molecule has 1 heterocycles. The van der Waals surface area contributed by atoms with Crippen molar-refractivity contribution < 1.29 is 9.59 Å². The van der Waals surface area contributed by atoms with Crippen molar-refractivity contribution in [2.45, 2.75) is 43.4 Å². The molecule has 4 nitrogen and oxygen atoms in total. The molecule has 0 N–H and O–H groups in total. The summed E-state index contributed by atoms with van der Waals surface area (Å²) < 4.78 is 0. The van der Waals surface area contributed by atoms with E-state index in [1.807, 2.05) is 11.8 Å². The van der Waals surface area contributed by atoms with Crippen molar-refractivity contribution in [1.29, 1.82) is 0 Å². The molecule has 18 heavy (non-hydrogen) atoms. The Bertz CT molecular complexity index is 319. The van der Waals surface area contributed by atoms with Gasteiger partial charge in [0.2, 0.25) is 11.8 Å². The summed E-state index contributed by atoms with van der Waals surface area (Å²) in [5.41, 5.74) is 0. The van der Waals surface area contributed by atoms with Crippen LogP contribution in [0.4, 0.5) is 0 Å². The first-order chi connectivity index (χ1) is 8.63. The minimum absolute atomic E-state index is 0.00115. The highest BCUT2D eigenvalue weighted by Crippen LogP contribution is 2.31. The number of hydrogen-bond acceptors (Lipinski definition) is 4. The van der Waals surface area contributed by atoms with Crippen LogP contribution >= 0.6 is 11.8 Å². The van der Waals surface area contributed by atoms with Crippen molar-refractivity contribution >= 4 is 23.6 Å². The molecular formula is C13H22N2O2S. The molecule has 1 saturated heterocycles. The second kappa shape index (κ2) is 6.06. The van der Waals surface area contributed by atoms with Gasteiger partial charge in [-0.1, -0.05) is 6.42 Å². The zero-order valence-corrected chi connectivity index (χ0v) is 12.0. The Morgan fingerprint density at radius 1 is 1.28 bits per heavy atom. The highest BCUT2D eigenvalue weighted by molar-refractivity contribution is 7.99. The SMILES string of the molecule is CS[C@H]1CCC[C@H]1N(C)CCN1C(=O)CCC1=O. The van der Waals surface area contributed by atoms with Crippen molar-refractivity contribution in [3.8, 4) is 0 Å². The fourth-order valence-corrected chi connectivity index (χ4v) is 4.04. The third-order valence-corrected chi connectivity index (χ3v) is 5.27. The van der Waals surface area contributed by atoms with Gasteiger partial charge in [0.05, 0.1) is 0 Å². The van der Waals surface area contributed by atoms with Crippen LogP contribution in [0.2, 0.25) is 0 Å². The highest BCUT2D eigenvalue weighted by atomic mass is 32.2. The maximum atomic E-state index is 11.5. The fourth-order valence-electron chi connectivity index (χ4n) is 2.98. The summed E-state index contributed by atoms with van der Waals surface area (Å²) in [5, 5.41) is 0.708. The third-order valence-electron chi connectivity index (χ3n) is 4.12. The summed E-state index contributed by atoms with van der Waals surface area (Å²) in [6.45, 7) is 1.37. The van der Waals surface area contributed by atoms with Gasteiger partial charge in [-0.25, -0.2) is 0 Å². The van der Waals surface area contributed by atoms with Crippen molar-refractivity contribution in [2.75, 3.05) is 26.4 Å². The highest BCUT2D eigenvalue weighted by Gasteiger charge is 2.32. The van der Waals surface area contributed by atoms with E-state index in [0.29, 0.717) is 30.7 Å². The Balaban J connectivity index is 1.82. The van der Waals surface area contributed by atoms with Crippen LogP contribution < -0.4 is 0 Å². The van der Waals surface area contributed by atoms with Gasteiger partial charge >= 0.3 is 0 Å². The Kier molecular flexibility index (Phi) is 4.67. The maximum absolute atomic E-state index is 11.5. The van der Waals surface area contributed by atoms with E-state index in [-0.39, 0.29) is 11.8 Å². The number of likely N-dealkylation sites (tertiary alicyclic amines) is 1. The average molecular weight is 270 g/mol. The number of imide groups is 1. The minimum Gasteiger partial charge on any atom is -0.301 e. The zero-order chi connectivity index (χ0) is 13.1. The standard InChI is InChI=1S/C13H22N2O2S/c1-14(10-4-3-5-11(10)18-2)8-9-15-12(16)6-7-13(15)17/h10-11H,3-9H2,1-2H3/t10-,11+/m1/s1. The summed E-state index contributed by atoms with van der Waals surface area (Å²) in [6.07, 6.45) is 6.80. The lowest BCUT2D eigenvalue weighted by Crippen LogP contribution is -2.42. The Hall–Kier alpha value is -0.550. The molecule has 2 amide bonds. The first kappa shape index (κ1) is 13.9. The van der Waals surface area contributed by atoms with Gasteiger partial charge in [-0.15, -0.1) is 0 Å². The normalized spacial score (nSPS) is 28.7. The second-order valence-corrected chi connectivity index (χ2v) is 6.27. The maximum Gasteiger partial charge on any atom is 0.229 e. The van der Waals surface area contributed by atoms with Crippen LogP contribution in [0.1, 0.15) is 32.1 Å². The molecule has 0 radical (unpaired) electrons. The summed E-state index contributed by atoms with van der Waals surface area (Å²) in [5.74, 6) is 0.00229. The van der Waals surface area contributed by atoms with Gasteiger partial charge in [-0.3, -0.25) is 14.5 Å². The topological polar surface area (TPSA) is 40.6 Å². The van der Waals surface area contributed by atoms with Crippen molar-refractivity contribution in [3.63, 3.8) is 0 Å². The lowest BCUT2D eigenvalue weighted by atomic mass is 10.2. The molecule has 102 valence electrons. The van der Waals surface area contributed by atoms with Gasteiger partial charge < -0.3 is 4.90 Å². The van der Waals surface area contributed by atoms with E-state index in [4.69, 9.17) is 0 Å². The van der Waals surface area contributed by atoms with Crippen molar-refractivity contribution in [1.82, 2.24) is 9.80 Å². The molecule has 1 aliphatic carbocycles. The molecular weight excluding hydrogens is 248 g/mol. The summed E-state index contributed by atoms with van der Waals surface area (Å²) in [7, 11) is 2.12. The number of amides is 2. The summed E-state index contributed by atoms with van der Waals surface area (Å²) in [6, 6.07) is 0.604. The van der Waals surface area contributed by atoms with Crippen LogP contribution in [0.5, 0.6) is 0 Å². The molecule has 2 rings (SSSR count). The first-order valence-corrected chi connectivity index (χ1v) is 7.98. The van der Waals surface area contributed by atoms with E-state index in [1.54, 1.807) is 0 Å². The van der Waals surface area contributed by atoms with E-state index < -0.39 is 0 Å². The largest absolute Gasteiger partial charge is 0.301 e.